The van der Waals surface area contributed by atoms with Gasteiger partial charge in [-0.2, -0.15) is 0 Å². The molecule has 4 rings (SSSR count). The molecule has 0 aliphatic heterocycles. The Morgan fingerprint density at radius 2 is 1.82 bits per heavy atom. The van der Waals surface area contributed by atoms with Gasteiger partial charge in [0, 0.05) is 18.0 Å². The van der Waals surface area contributed by atoms with E-state index in [1.54, 1.807) is 6.20 Å². The first kappa shape index (κ1) is 25.0. The van der Waals surface area contributed by atoms with Crippen LogP contribution in [0.5, 0.6) is 0 Å². The van der Waals surface area contributed by atoms with Crippen LogP contribution in [-0.4, -0.2) is 33.1 Å². The Morgan fingerprint density at radius 1 is 1.12 bits per heavy atom. The van der Waals surface area contributed by atoms with E-state index in [0.717, 1.165) is 43.4 Å². The van der Waals surface area contributed by atoms with E-state index in [-0.39, 0.29) is 17.7 Å². The molecule has 0 unspecified atom stereocenters. The number of hydrogen-bond donors (Lipinski definition) is 3. The molecule has 2 aliphatic carbocycles. The van der Waals surface area contributed by atoms with Crippen LogP contribution >= 0.6 is 0 Å². The molecule has 1 aromatic carbocycles. The van der Waals surface area contributed by atoms with E-state index in [1.165, 1.54) is 25.0 Å². The minimum atomic E-state index is -0.697. The van der Waals surface area contributed by atoms with E-state index in [2.05, 4.69) is 32.5 Å². The van der Waals surface area contributed by atoms with Crippen LogP contribution in [0.1, 0.15) is 65.0 Å². The van der Waals surface area contributed by atoms with Crippen molar-refractivity contribution in [2.75, 3.05) is 10.6 Å². The topological polar surface area (TPSA) is 82.4 Å². The minimum absolute atomic E-state index is 0.00752. The van der Waals surface area contributed by atoms with Crippen molar-refractivity contribution in [2.45, 2.75) is 78.4 Å². The Bertz CT molecular complexity index is 944. The molecule has 2 aromatic rings. The molecule has 2 fully saturated rings. The van der Waals surface area contributed by atoms with Crippen LogP contribution in [0, 0.1) is 30.4 Å². The van der Waals surface area contributed by atoms with Crippen LogP contribution < -0.4 is 10.6 Å². The number of nitrogens with one attached hydrogen (secondary N) is 2. The van der Waals surface area contributed by atoms with Crippen LogP contribution in [0.25, 0.3) is 0 Å². The highest BCUT2D eigenvalue weighted by molar-refractivity contribution is 5.98. The highest BCUT2D eigenvalue weighted by atomic mass is 19.1. The Morgan fingerprint density at radius 3 is 2.36 bits per heavy atom. The highest BCUT2D eigenvalue weighted by Crippen LogP contribution is 2.25. The molecular formula is C25H35F2N5O. The number of nitrogens with zero attached hydrogens (tertiary/aromatic N) is 3. The molecule has 0 radical (unpaired) electrons. The summed E-state index contributed by atoms with van der Waals surface area (Å²) in [4.78, 5) is 13.1. The van der Waals surface area contributed by atoms with E-state index < -0.39 is 11.6 Å². The Labute approximate surface area is 195 Å². The maximum atomic E-state index is 13.9. The van der Waals surface area contributed by atoms with Crippen LogP contribution in [0.15, 0.2) is 29.4 Å². The molecule has 33 heavy (non-hydrogen) atoms. The third kappa shape index (κ3) is 8.03. The summed E-state index contributed by atoms with van der Waals surface area (Å²) in [7, 11) is 0. The van der Waals surface area contributed by atoms with Gasteiger partial charge in [0.25, 0.3) is 0 Å². The third-order valence-electron chi connectivity index (χ3n) is 5.84. The number of aliphatic hydroxyl groups is 1. The molecule has 6 nitrogen and oxygen atoms in total. The minimum Gasteiger partial charge on any atom is -0.393 e. The molecule has 0 atom stereocenters. The van der Waals surface area contributed by atoms with E-state index in [1.807, 2.05) is 20.8 Å². The molecule has 1 heterocycles. The third-order valence-corrected chi connectivity index (χ3v) is 5.84. The van der Waals surface area contributed by atoms with Gasteiger partial charge in [-0.1, -0.05) is 20.8 Å². The van der Waals surface area contributed by atoms with Crippen LogP contribution in [-0.2, 0) is 0 Å². The first-order chi connectivity index (χ1) is 15.7. The number of rotatable bonds is 5. The number of benzene rings is 1. The molecule has 2 saturated carbocycles. The predicted octanol–water partition coefficient (Wildman–Crippen LogP) is 5.99. The smallest absolute Gasteiger partial charge is 0.223 e. The molecule has 0 saturated heterocycles. The Kier molecular flexibility index (Phi) is 8.72. The summed E-state index contributed by atoms with van der Waals surface area (Å²) in [5.41, 5.74) is 1.56. The molecule has 0 amide bonds. The average Bonchev–Trinajstić information content (AvgIpc) is 3.57. The largest absolute Gasteiger partial charge is 0.393 e. The summed E-state index contributed by atoms with van der Waals surface area (Å²) in [6, 6.07) is 3.81. The standard InChI is InChI=1S/C18H21F2N5.C7H14O/c1-10(2)17(24-15-7-4-12(19)8-14(15)20)25-16-9-21-18(22-11(16)3)23-13-5-6-13;1-6-2-4-7(8)5-3-6/h4,7-10,13H,5-6H2,1-3H3,(H,24,25)(H,21,22,23);6-8H,2-5H2,1H3. The monoisotopic (exact) mass is 459 g/mol. The van der Waals surface area contributed by atoms with Crippen LogP contribution in [0.4, 0.5) is 26.1 Å². The molecule has 180 valence electrons. The normalized spacial score (nSPS) is 20.8. The number of aliphatic imine (C=N–C) groups is 1. The average molecular weight is 460 g/mol. The Hall–Kier alpha value is -2.61. The van der Waals surface area contributed by atoms with Gasteiger partial charge in [-0.15, -0.1) is 0 Å². The fourth-order valence-corrected chi connectivity index (χ4v) is 3.45. The molecular weight excluding hydrogens is 424 g/mol. The number of halogens is 2. The van der Waals surface area contributed by atoms with Gasteiger partial charge >= 0.3 is 0 Å². The maximum Gasteiger partial charge on any atom is 0.223 e. The van der Waals surface area contributed by atoms with Crippen molar-refractivity contribution < 1.29 is 13.9 Å². The molecule has 0 spiro atoms. The van der Waals surface area contributed by atoms with Crippen molar-refractivity contribution in [3.05, 3.63) is 41.7 Å². The number of aliphatic hydroxyl groups excluding tert-OH is 1. The zero-order chi connectivity index (χ0) is 24.0. The van der Waals surface area contributed by atoms with Gasteiger partial charge in [0.15, 0.2) is 5.82 Å². The van der Waals surface area contributed by atoms with E-state index in [0.29, 0.717) is 23.5 Å². The van der Waals surface area contributed by atoms with Crippen molar-refractivity contribution in [3.8, 4) is 0 Å². The van der Waals surface area contributed by atoms with Gasteiger partial charge in [-0.25, -0.2) is 23.7 Å². The molecule has 3 N–H and O–H groups in total. The maximum absolute atomic E-state index is 13.9. The zero-order valence-electron chi connectivity index (χ0n) is 19.9. The lowest BCUT2D eigenvalue weighted by Crippen LogP contribution is -2.20. The van der Waals surface area contributed by atoms with Gasteiger partial charge in [-0.3, -0.25) is 0 Å². The van der Waals surface area contributed by atoms with E-state index in [4.69, 9.17) is 5.11 Å². The number of hydrogen-bond acceptors (Lipinski definition) is 5. The summed E-state index contributed by atoms with van der Waals surface area (Å²) in [5.74, 6) is 0.709. The highest BCUT2D eigenvalue weighted by Gasteiger charge is 2.22. The van der Waals surface area contributed by atoms with Gasteiger partial charge in [0.2, 0.25) is 5.95 Å². The van der Waals surface area contributed by atoms with Crippen molar-refractivity contribution in [1.82, 2.24) is 9.97 Å². The lowest BCUT2D eigenvalue weighted by Gasteiger charge is -2.21. The summed E-state index contributed by atoms with van der Waals surface area (Å²) in [5, 5.41) is 15.4. The van der Waals surface area contributed by atoms with Gasteiger partial charge in [0.05, 0.1) is 23.7 Å². The zero-order valence-corrected chi connectivity index (χ0v) is 19.9. The number of anilines is 2. The quantitative estimate of drug-likeness (QED) is 0.378. The molecule has 0 bridgehead atoms. The van der Waals surface area contributed by atoms with Crippen molar-refractivity contribution >= 4 is 23.2 Å². The molecule has 8 heteroatoms. The first-order valence-electron chi connectivity index (χ1n) is 11.8. The number of amidine groups is 1. The predicted molar refractivity (Wildman–Crippen MR) is 129 cm³/mol. The molecule has 1 aromatic heterocycles. The Balaban J connectivity index is 0.000000323. The van der Waals surface area contributed by atoms with E-state index >= 15 is 0 Å². The van der Waals surface area contributed by atoms with Crippen molar-refractivity contribution in [2.24, 2.45) is 16.8 Å². The summed E-state index contributed by atoms with van der Waals surface area (Å²) in [6.07, 6.45) is 8.51. The summed E-state index contributed by atoms with van der Waals surface area (Å²) in [6.45, 7) is 8.00. The summed E-state index contributed by atoms with van der Waals surface area (Å²) >= 11 is 0. The van der Waals surface area contributed by atoms with Crippen LogP contribution in [0.2, 0.25) is 0 Å². The van der Waals surface area contributed by atoms with Gasteiger partial charge < -0.3 is 15.7 Å². The first-order valence-corrected chi connectivity index (χ1v) is 11.8. The van der Waals surface area contributed by atoms with Gasteiger partial charge in [-0.05, 0) is 63.5 Å². The molecule has 2 aliphatic rings. The lowest BCUT2D eigenvalue weighted by molar-refractivity contribution is 0.112. The second-order valence-corrected chi connectivity index (χ2v) is 9.40. The lowest BCUT2D eigenvalue weighted by atomic mass is 9.89. The van der Waals surface area contributed by atoms with Crippen molar-refractivity contribution in [3.63, 3.8) is 0 Å². The fourth-order valence-electron chi connectivity index (χ4n) is 3.45. The SMILES string of the molecule is CC1CCC(O)CC1.Cc1nc(NC2CC2)ncc1NC(=Nc1ccc(F)cc1F)C(C)C. The van der Waals surface area contributed by atoms with E-state index in [9.17, 15) is 8.78 Å². The second-order valence-electron chi connectivity index (χ2n) is 9.40. The number of aromatic nitrogens is 2. The van der Waals surface area contributed by atoms with Gasteiger partial charge in [0.1, 0.15) is 17.3 Å². The second kappa shape index (κ2) is 11.5. The fraction of sp³-hybridized carbons (Fsp3) is 0.560. The number of aryl methyl sites for hydroxylation is 1. The van der Waals surface area contributed by atoms with Crippen LogP contribution in [0.3, 0.4) is 0 Å². The van der Waals surface area contributed by atoms with Crippen molar-refractivity contribution in [1.29, 1.82) is 0 Å². The summed E-state index contributed by atoms with van der Waals surface area (Å²) < 4.78 is 26.9.